The zero-order valence-corrected chi connectivity index (χ0v) is 11.0. The van der Waals surface area contributed by atoms with Gasteiger partial charge in [-0.2, -0.15) is 12.6 Å². The Morgan fingerprint density at radius 3 is 2.59 bits per heavy atom. The van der Waals surface area contributed by atoms with E-state index in [1.54, 1.807) is 12.1 Å². The van der Waals surface area contributed by atoms with Gasteiger partial charge in [-0.1, -0.05) is 13.3 Å². The van der Waals surface area contributed by atoms with E-state index < -0.39 is 0 Å². The van der Waals surface area contributed by atoms with Crippen LogP contribution in [0.1, 0.15) is 19.8 Å². The highest BCUT2D eigenvalue weighted by Gasteiger charge is 2.08. The molecule has 1 aromatic carbocycles. The lowest BCUT2D eigenvalue weighted by Gasteiger charge is -2.17. The molecule has 0 aromatic heterocycles. The first kappa shape index (κ1) is 14.3. The Morgan fingerprint density at radius 1 is 1.29 bits per heavy atom. The maximum atomic E-state index is 12.7. The molecule has 0 unspecified atom stereocenters. The normalized spacial score (nSPS) is 12.4. The molecule has 1 atom stereocenters. The molecular weight excluding hydrogens is 239 g/mol. The minimum Gasteiger partial charge on any atom is -0.487 e. The third-order valence-corrected chi connectivity index (χ3v) is 2.67. The molecule has 0 spiro atoms. The predicted octanol–water partition coefficient (Wildman–Crippen LogP) is 3.32. The van der Waals surface area contributed by atoms with Crippen LogP contribution in [0.15, 0.2) is 24.3 Å². The van der Waals surface area contributed by atoms with Crippen molar-refractivity contribution in [3.63, 3.8) is 0 Å². The molecule has 0 aliphatic rings. The van der Waals surface area contributed by atoms with Crippen LogP contribution in [0.3, 0.4) is 0 Å². The summed E-state index contributed by atoms with van der Waals surface area (Å²) >= 11 is 4.21. The second kappa shape index (κ2) is 8.37. The Kier molecular flexibility index (Phi) is 7.05. The molecule has 0 saturated carbocycles. The van der Waals surface area contributed by atoms with Crippen LogP contribution in [-0.2, 0) is 4.74 Å². The van der Waals surface area contributed by atoms with Crippen LogP contribution in [0.25, 0.3) is 0 Å². The Hall–Kier alpha value is -0.740. The number of unbranched alkanes of at least 4 members (excludes halogenated alkanes) is 1. The fourth-order valence-electron chi connectivity index (χ4n) is 1.29. The Morgan fingerprint density at radius 2 is 2.00 bits per heavy atom. The molecule has 0 N–H and O–H groups in total. The first-order valence-corrected chi connectivity index (χ1v) is 6.50. The number of hydrogen-bond donors (Lipinski definition) is 1. The van der Waals surface area contributed by atoms with Crippen LogP contribution in [0.4, 0.5) is 4.39 Å². The van der Waals surface area contributed by atoms with Gasteiger partial charge in [-0.25, -0.2) is 4.39 Å². The fourth-order valence-corrected chi connectivity index (χ4v) is 1.47. The molecule has 0 amide bonds. The van der Waals surface area contributed by atoms with Crippen molar-refractivity contribution in [1.82, 2.24) is 0 Å². The smallest absolute Gasteiger partial charge is 0.131 e. The van der Waals surface area contributed by atoms with Gasteiger partial charge < -0.3 is 9.47 Å². The van der Waals surface area contributed by atoms with Gasteiger partial charge in [0.2, 0.25) is 0 Å². The number of thiol groups is 1. The Bertz CT molecular complexity index is 303. The summed E-state index contributed by atoms with van der Waals surface area (Å²) in [5.74, 6) is 0.951. The van der Waals surface area contributed by atoms with Crippen LogP contribution in [0.2, 0.25) is 0 Å². The van der Waals surface area contributed by atoms with E-state index in [4.69, 9.17) is 9.47 Å². The fraction of sp³-hybridized carbons (Fsp3) is 0.538. The average molecular weight is 258 g/mol. The summed E-state index contributed by atoms with van der Waals surface area (Å²) < 4.78 is 23.8. The van der Waals surface area contributed by atoms with Crippen LogP contribution < -0.4 is 4.74 Å². The van der Waals surface area contributed by atoms with Gasteiger partial charge in [0.05, 0.1) is 6.61 Å². The van der Waals surface area contributed by atoms with Crippen LogP contribution in [0, 0.1) is 5.82 Å². The van der Waals surface area contributed by atoms with E-state index in [1.165, 1.54) is 12.1 Å². The molecule has 4 heteroatoms. The zero-order valence-electron chi connectivity index (χ0n) is 10.1. The van der Waals surface area contributed by atoms with Crippen LogP contribution in [-0.4, -0.2) is 25.1 Å². The highest BCUT2D eigenvalue weighted by molar-refractivity contribution is 7.80. The third kappa shape index (κ3) is 5.94. The van der Waals surface area contributed by atoms with E-state index >= 15 is 0 Å². The highest BCUT2D eigenvalue weighted by Crippen LogP contribution is 2.13. The lowest BCUT2D eigenvalue weighted by Crippen LogP contribution is -2.25. The number of benzene rings is 1. The van der Waals surface area contributed by atoms with Gasteiger partial charge >= 0.3 is 0 Å². The van der Waals surface area contributed by atoms with E-state index in [0.29, 0.717) is 18.1 Å². The van der Waals surface area contributed by atoms with E-state index in [1.807, 2.05) is 0 Å². The van der Waals surface area contributed by atoms with Crippen LogP contribution in [0.5, 0.6) is 5.75 Å². The summed E-state index contributed by atoms with van der Waals surface area (Å²) in [6, 6.07) is 5.97. The van der Waals surface area contributed by atoms with Gasteiger partial charge in [0, 0.05) is 12.4 Å². The molecule has 0 saturated heterocycles. The topological polar surface area (TPSA) is 18.5 Å². The molecular formula is C13H19FO2S. The lowest BCUT2D eigenvalue weighted by molar-refractivity contribution is 0.0594. The molecule has 2 nitrogen and oxygen atoms in total. The Labute approximate surface area is 108 Å². The maximum absolute atomic E-state index is 12.7. The number of ether oxygens (including phenoxy) is 2. The van der Waals surface area contributed by atoms with Crippen molar-refractivity contribution in [3.05, 3.63) is 30.1 Å². The lowest BCUT2D eigenvalue weighted by atomic mass is 10.3. The Balaban J connectivity index is 2.33. The summed E-state index contributed by atoms with van der Waals surface area (Å²) in [5, 5.41) is 0. The van der Waals surface area contributed by atoms with Gasteiger partial charge in [-0.15, -0.1) is 0 Å². The predicted molar refractivity (Wildman–Crippen MR) is 70.4 cm³/mol. The van der Waals surface area contributed by atoms with E-state index in [2.05, 4.69) is 19.6 Å². The first-order chi connectivity index (χ1) is 8.26. The average Bonchev–Trinajstić information content (AvgIpc) is 2.35. The minimum absolute atomic E-state index is 0.0966. The van der Waals surface area contributed by atoms with Crippen molar-refractivity contribution < 1.29 is 13.9 Å². The van der Waals surface area contributed by atoms with Crippen molar-refractivity contribution in [3.8, 4) is 5.75 Å². The zero-order chi connectivity index (χ0) is 12.5. The number of hydrogen-bond acceptors (Lipinski definition) is 3. The molecule has 1 aromatic rings. The van der Waals surface area contributed by atoms with Crippen molar-refractivity contribution in [2.24, 2.45) is 0 Å². The van der Waals surface area contributed by atoms with E-state index in [9.17, 15) is 4.39 Å². The van der Waals surface area contributed by atoms with Crippen LogP contribution >= 0.6 is 12.6 Å². The van der Waals surface area contributed by atoms with Crippen molar-refractivity contribution in [2.75, 3.05) is 19.0 Å². The maximum Gasteiger partial charge on any atom is 0.131 e. The molecule has 0 heterocycles. The largest absolute Gasteiger partial charge is 0.487 e. The summed E-state index contributed by atoms with van der Waals surface area (Å²) in [4.78, 5) is 0. The van der Waals surface area contributed by atoms with Crippen molar-refractivity contribution >= 4 is 12.6 Å². The van der Waals surface area contributed by atoms with Gasteiger partial charge in [0.25, 0.3) is 0 Å². The molecule has 0 bridgehead atoms. The molecule has 17 heavy (non-hydrogen) atoms. The monoisotopic (exact) mass is 258 g/mol. The number of rotatable bonds is 8. The summed E-state index contributed by atoms with van der Waals surface area (Å²) in [6.07, 6.45) is 2.07. The van der Waals surface area contributed by atoms with E-state index in [-0.39, 0.29) is 11.9 Å². The second-order valence-corrected chi connectivity index (χ2v) is 4.17. The van der Waals surface area contributed by atoms with Gasteiger partial charge in [0.1, 0.15) is 17.7 Å². The SMILES string of the molecule is CCCCOC[C@@H](CS)Oc1ccc(F)cc1. The highest BCUT2D eigenvalue weighted by atomic mass is 32.1. The summed E-state index contributed by atoms with van der Waals surface area (Å²) in [5.41, 5.74) is 0. The number of halogens is 1. The minimum atomic E-state index is -0.265. The van der Waals surface area contributed by atoms with Gasteiger partial charge in [-0.05, 0) is 30.7 Å². The third-order valence-electron chi connectivity index (χ3n) is 2.27. The van der Waals surface area contributed by atoms with Crippen molar-refractivity contribution in [2.45, 2.75) is 25.9 Å². The first-order valence-electron chi connectivity index (χ1n) is 5.87. The molecule has 0 aliphatic heterocycles. The van der Waals surface area contributed by atoms with Gasteiger partial charge in [0.15, 0.2) is 0 Å². The second-order valence-electron chi connectivity index (χ2n) is 3.80. The molecule has 96 valence electrons. The molecule has 0 radical (unpaired) electrons. The van der Waals surface area contributed by atoms with E-state index in [0.717, 1.165) is 19.4 Å². The van der Waals surface area contributed by atoms with Gasteiger partial charge in [-0.3, -0.25) is 0 Å². The van der Waals surface area contributed by atoms with Crippen molar-refractivity contribution in [1.29, 1.82) is 0 Å². The molecule has 1 rings (SSSR count). The molecule has 0 aliphatic carbocycles. The quantitative estimate of drug-likeness (QED) is 0.569. The summed E-state index contributed by atoms with van der Waals surface area (Å²) in [6.45, 7) is 3.38. The molecule has 0 fully saturated rings. The standard InChI is InChI=1S/C13H19FO2S/c1-2-3-8-15-9-13(10-17)16-12-6-4-11(14)5-7-12/h4-7,13,17H,2-3,8-10H2,1H3/t13-/m0/s1. The summed E-state index contributed by atoms with van der Waals surface area (Å²) in [7, 11) is 0.